The van der Waals surface area contributed by atoms with Gasteiger partial charge >= 0.3 is 5.97 Å². The van der Waals surface area contributed by atoms with Gasteiger partial charge in [-0.25, -0.2) is 4.79 Å². The van der Waals surface area contributed by atoms with Crippen molar-refractivity contribution < 1.29 is 19.4 Å². The van der Waals surface area contributed by atoms with Gasteiger partial charge in [-0.2, -0.15) is 0 Å². The van der Waals surface area contributed by atoms with E-state index in [0.29, 0.717) is 11.3 Å². The second-order valence-electron chi connectivity index (χ2n) is 3.03. The first-order valence-corrected chi connectivity index (χ1v) is 4.27. The van der Waals surface area contributed by atoms with Crippen LogP contribution in [0.5, 0.6) is 11.5 Å². The van der Waals surface area contributed by atoms with E-state index >= 15 is 0 Å². The lowest BCUT2D eigenvalue weighted by Crippen LogP contribution is -2.06. The molecule has 0 aliphatic carbocycles. The molecule has 1 aromatic rings. The summed E-state index contributed by atoms with van der Waals surface area (Å²) in [4.78, 5) is 10.9. The van der Waals surface area contributed by atoms with Crippen molar-refractivity contribution in [3.05, 3.63) is 17.2 Å². The van der Waals surface area contributed by atoms with Gasteiger partial charge in [-0.1, -0.05) is 0 Å². The highest BCUT2D eigenvalue weighted by Gasteiger charge is 2.19. The lowest BCUT2D eigenvalue weighted by molar-refractivity contribution is 0.0697. The number of ether oxygens (including phenoxy) is 2. The molecule has 5 heteroatoms. The van der Waals surface area contributed by atoms with E-state index in [-0.39, 0.29) is 17.0 Å². The SMILES string of the molecule is COc1c(C)cc(C(=O)O)c(N)c1OC. The van der Waals surface area contributed by atoms with Gasteiger partial charge in [0.1, 0.15) is 0 Å². The highest BCUT2D eigenvalue weighted by atomic mass is 16.5. The molecule has 0 heterocycles. The van der Waals surface area contributed by atoms with Gasteiger partial charge in [0.2, 0.25) is 0 Å². The maximum Gasteiger partial charge on any atom is 0.337 e. The summed E-state index contributed by atoms with van der Waals surface area (Å²) in [6, 6.07) is 1.46. The Bertz CT molecular complexity index is 401. The third-order valence-corrected chi connectivity index (χ3v) is 2.10. The van der Waals surface area contributed by atoms with Crippen molar-refractivity contribution in [1.82, 2.24) is 0 Å². The zero-order valence-corrected chi connectivity index (χ0v) is 8.83. The first-order valence-electron chi connectivity index (χ1n) is 4.27. The smallest absolute Gasteiger partial charge is 0.337 e. The van der Waals surface area contributed by atoms with Crippen LogP contribution in [0.25, 0.3) is 0 Å². The molecular weight excluding hydrogens is 198 g/mol. The van der Waals surface area contributed by atoms with Gasteiger partial charge in [0, 0.05) is 0 Å². The van der Waals surface area contributed by atoms with Crippen LogP contribution in [0.1, 0.15) is 15.9 Å². The molecule has 5 nitrogen and oxygen atoms in total. The van der Waals surface area contributed by atoms with Crippen LogP contribution in [0.3, 0.4) is 0 Å². The molecule has 0 spiro atoms. The number of nitrogens with two attached hydrogens (primary N) is 1. The predicted molar refractivity (Wildman–Crippen MR) is 55.7 cm³/mol. The van der Waals surface area contributed by atoms with Crippen LogP contribution in [0.4, 0.5) is 5.69 Å². The molecule has 15 heavy (non-hydrogen) atoms. The van der Waals surface area contributed by atoms with E-state index < -0.39 is 5.97 Å². The number of hydrogen-bond donors (Lipinski definition) is 2. The Morgan fingerprint density at radius 1 is 1.33 bits per heavy atom. The molecule has 0 atom stereocenters. The quantitative estimate of drug-likeness (QED) is 0.736. The Hall–Kier alpha value is -1.91. The zero-order chi connectivity index (χ0) is 11.6. The van der Waals surface area contributed by atoms with E-state index in [2.05, 4.69) is 0 Å². The van der Waals surface area contributed by atoms with Gasteiger partial charge in [-0.05, 0) is 18.6 Å². The molecule has 3 N–H and O–H groups in total. The molecule has 0 amide bonds. The van der Waals surface area contributed by atoms with E-state index in [4.69, 9.17) is 20.3 Å². The van der Waals surface area contributed by atoms with E-state index in [1.807, 2.05) is 0 Å². The Morgan fingerprint density at radius 2 is 1.87 bits per heavy atom. The maximum atomic E-state index is 10.9. The average Bonchev–Trinajstić information content (AvgIpc) is 2.19. The van der Waals surface area contributed by atoms with Gasteiger partial charge in [-0.3, -0.25) is 0 Å². The summed E-state index contributed by atoms with van der Waals surface area (Å²) in [5.74, 6) is -0.369. The summed E-state index contributed by atoms with van der Waals surface area (Å²) in [5, 5.41) is 8.90. The highest BCUT2D eigenvalue weighted by Crippen LogP contribution is 2.38. The van der Waals surface area contributed by atoms with Gasteiger partial charge in [0.15, 0.2) is 11.5 Å². The number of nitrogen functional groups attached to an aromatic ring is 1. The topological polar surface area (TPSA) is 81.8 Å². The summed E-state index contributed by atoms with van der Waals surface area (Å²) in [5.41, 5.74) is 6.42. The first kappa shape index (κ1) is 11.2. The largest absolute Gasteiger partial charge is 0.493 e. The van der Waals surface area contributed by atoms with Crippen LogP contribution in [0.2, 0.25) is 0 Å². The Balaban J connectivity index is 3.51. The lowest BCUT2D eigenvalue weighted by atomic mass is 10.1. The van der Waals surface area contributed by atoms with Crippen LogP contribution in [-0.4, -0.2) is 25.3 Å². The molecule has 82 valence electrons. The van der Waals surface area contributed by atoms with Crippen molar-refractivity contribution >= 4 is 11.7 Å². The Labute approximate surface area is 87.4 Å². The number of carboxylic acids is 1. The highest BCUT2D eigenvalue weighted by molar-refractivity contribution is 5.96. The summed E-state index contributed by atoms with van der Waals surface area (Å²) >= 11 is 0. The number of carbonyl (C=O) groups is 1. The molecule has 1 rings (SSSR count). The van der Waals surface area contributed by atoms with E-state index in [0.717, 1.165) is 0 Å². The fourth-order valence-corrected chi connectivity index (χ4v) is 1.42. The van der Waals surface area contributed by atoms with Crippen molar-refractivity contribution in [3.63, 3.8) is 0 Å². The summed E-state index contributed by atoms with van der Waals surface area (Å²) in [7, 11) is 2.89. The van der Waals surface area contributed by atoms with Crippen LogP contribution >= 0.6 is 0 Å². The van der Waals surface area contributed by atoms with Crippen LogP contribution in [0, 0.1) is 6.92 Å². The van der Waals surface area contributed by atoms with Crippen LogP contribution in [-0.2, 0) is 0 Å². The lowest BCUT2D eigenvalue weighted by Gasteiger charge is -2.14. The number of benzene rings is 1. The van der Waals surface area contributed by atoms with Gasteiger partial charge in [-0.15, -0.1) is 0 Å². The zero-order valence-electron chi connectivity index (χ0n) is 8.83. The summed E-state index contributed by atoms with van der Waals surface area (Å²) < 4.78 is 10.1. The van der Waals surface area contributed by atoms with Gasteiger partial charge in [0.05, 0.1) is 25.5 Å². The number of carboxylic acid groups (broad SMARTS) is 1. The molecule has 1 aromatic carbocycles. The Kier molecular flexibility index (Phi) is 3.04. The minimum atomic E-state index is -1.09. The standard InChI is InChI=1S/C10H13NO4/c1-5-4-6(10(12)13)7(11)9(15-3)8(5)14-2/h4H,11H2,1-3H3,(H,12,13). The summed E-state index contributed by atoms with van der Waals surface area (Å²) in [6.45, 7) is 1.73. The van der Waals surface area contributed by atoms with Crippen molar-refractivity contribution in [2.75, 3.05) is 20.0 Å². The minimum Gasteiger partial charge on any atom is -0.493 e. The number of aromatic carboxylic acids is 1. The van der Waals surface area contributed by atoms with Gasteiger partial charge < -0.3 is 20.3 Å². The van der Waals surface area contributed by atoms with Crippen molar-refractivity contribution in [1.29, 1.82) is 0 Å². The number of methoxy groups -OCH3 is 2. The number of aryl methyl sites for hydroxylation is 1. The second kappa shape index (κ2) is 4.08. The number of hydrogen-bond acceptors (Lipinski definition) is 4. The van der Waals surface area contributed by atoms with Crippen molar-refractivity contribution in [3.8, 4) is 11.5 Å². The Morgan fingerprint density at radius 3 is 2.27 bits per heavy atom. The monoisotopic (exact) mass is 211 g/mol. The molecule has 0 radical (unpaired) electrons. The van der Waals surface area contributed by atoms with E-state index in [1.54, 1.807) is 6.92 Å². The molecule has 0 fully saturated rings. The third-order valence-electron chi connectivity index (χ3n) is 2.10. The maximum absolute atomic E-state index is 10.9. The summed E-state index contributed by atoms with van der Waals surface area (Å²) in [6.07, 6.45) is 0. The van der Waals surface area contributed by atoms with Gasteiger partial charge in [0.25, 0.3) is 0 Å². The molecular formula is C10H13NO4. The molecule has 0 aliphatic rings. The molecule has 0 aliphatic heterocycles. The van der Waals surface area contributed by atoms with Crippen molar-refractivity contribution in [2.45, 2.75) is 6.92 Å². The fourth-order valence-electron chi connectivity index (χ4n) is 1.42. The van der Waals surface area contributed by atoms with E-state index in [1.165, 1.54) is 20.3 Å². The molecule has 0 aromatic heterocycles. The van der Waals surface area contributed by atoms with E-state index in [9.17, 15) is 4.79 Å². The molecule has 0 bridgehead atoms. The first-order chi connectivity index (χ1) is 7.02. The van der Waals surface area contributed by atoms with Crippen LogP contribution in [0.15, 0.2) is 6.07 Å². The average molecular weight is 211 g/mol. The normalized spacial score (nSPS) is 9.80. The third kappa shape index (κ3) is 1.81. The van der Waals surface area contributed by atoms with Crippen LogP contribution < -0.4 is 15.2 Å². The number of anilines is 1. The molecule has 0 saturated carbocycles. The van der Waals surface area contributed by atoms with Crippen molar-refractivity contribution in [2.24, 2.45) is 0 Å². The molecule has 0 unspecified atom stereocenters. The minimum absolute atomic E-state index is 0.0187. The predicted octanol–water partition coefficient (Wildman–Crippen LogP) is 1.29. The fraction of sp³-hybridized carbons (Fsp3) is 0.300. The molecule has 0 saturated heterocycles. The second-order valence-corrected chi connectivity index (χ2v) is 3.03. The number of rotatable bonds is 3.